The van der Waals surface area contributed by atoms with E-state index in [-0.39, 0.29) is 22.7 Å². The van der Waals surface area contributed by atoms with Crippen LogP contribution in [-0.2, 0) is 10.3 Å². The number of nitrogens with one attached hydrogen (secondary N) is 1. The zero-order valence-electron chi connectivity index (χ0n) is 16.0. The van der Waals surface area contributed by atoms with E-state index < -0.39 is 48.8 Å². The van der Waals surface area contributed by atoms with Crippen LogP contribution in [0.25, 0.3) is 0 Å². The van der Waals surface area contributed by atoms with Gasteiger partial charge in [0.2, 0.25) is 6.86 Å². The lowest BCUT2D eigenvalue weighted by Crippen LogP contribution is -2.46. The molecule has 2 aromatic rings. The highest BCUT2D eigenvalue weighted by Crippen LogP contribution is 2.41. The number of nitrogens with zero attached hydrogens (tertiary/aromatic N) is 2. The van der Waals surface area contributed by atoms with Crippen LogP contribution >= 0.6 is 0 Å². The molecule has 1 aromatic heterocycles. The molecule has 3 rings (SSSR count). The van der Waals surface area contributed by atoms with E-state index in [0.29, 0.717) is 0 Å². The Morgan fingerprint density at radius 3 is 2.71 bits per heavy atom. The third kappa shape index (κ3) is 5.01. The molecule has 1 amide bonds. The first-order valence-corrected chi connectivity index (χ1v) is 8.87. The van der Waals surface area contributed by atoms with Gasteiger partial charge in [-0.25, -0.2) is 18.8 Å². The fourth-order valence-electron chi connectivity index (χ4n) is 3.09. The fraction of sp³-hybridized carbons (Fsp3) is 0.316. The molecule has 0 spiro atoms. The van der Waals surface area contributed by atoms with Crippen LogP contribution < -0.4 is 15.8 Å². The van der Waals surface area contributed by atoms with Gasteiger partial charge in [0.05, 0.1) is 11.7 Å². The highest BCUT2D eigenvalue weighted by Gasteiger charge is 2.50. The Balaban J connectivity index is 1.86. The van der Waals surface area contributed by atoms with Gasteiger partial charge in [-0.2, -0.15) is 13.2 Å². The van der Waals surface area contributed by atoms with Gasteiger partial charge in [0.25, 0.3) is 11.9 Å². The summed E-state index contributed by atoms with van der Waals surface area (Å²) in [5.41, 5.74) is 3.57. The molecule has 1 aliphatic heterocycles. The van der Waals surface area contributed by atoms with Gasteiger partial charge in [0.1, 0.15) is 17.3 Å². The Morgan fingerprint density at radius 1 is 1.35 bits per heavy atom. The summed E-state index contributed by atoms with van der Waals surface area (Å²) in [6.45, 7) is 0.230. The number of halogens is 5. The number of pyridine rings is 1. The number of carbonyl (C=O) groups excluding carboxylic acids is 1. The Morgan fingerprint density at radius 2 is 2.10 bits per heavy atom. The van der Waals surface area contributed by atoms with Gasteiger partial charge in [-0.3, -0.25) is 4.79 Å². The van der Waals surface area contributed by atoms with Crippen LogP contribution in [0.3, 0.4) is 0 Å². The van der Waals surface area contributed by atoms with Crippen molar-refractivity contribution in [1.82, 2.24) is 4.98 Å². The Kier molecular flexibility index (Phi) is 6.00. The molecule has 1 aromatic carbocycles. The van der Waals surface area contributed by atoms with E-state index in [1.54, 1.807) is 0 Å². The third-order valence-corrected chi connectivity index (χ3v) is 4.56. The van der Waals surface area contributed by atoms with Crippen molar-refractivity contribution in [2.45, 2.75) is 31.2 Å². The molecule has 3 N–H and O–H groups in total. The summed E-state index contributed by atoms with van der Waals surface area (Å²) in [6, 6.07) is 5.28. The molecule has 2 heterocycles. The summed E-state index contributed by atoms with van der Waals surface area (Å²) < 4.78 is 75.3. The maximum absolute atomic E-state index is 14.5. The van der Waals surface area contributed by atoms with Crippen LogP contribution in [-0.4, -0.2) is 36.1 Å². The maximum Gasteiger partial charge on any atom is 0.425 e. The first-order chi connectivity index (χ1) is 14.5. The van der Waals surface area contributed by atoms with Gasteiger partial charge in [0, 0.05) is 17.7 Å². The number of amidine groups is 1. The number of alkyl halides is 4. The van der Waals surface area contributed by atoms with Crippen molar-refractivity contribution in [1.29, 1.82) is 0 Å². The van der Waals surface area contributed by atoms with Gasteiger partial charge in [-0.15, -0.1) is 0 Å². The van der Waals surface area contributed by atoms with Crippen LogP contribution in [0.2, 0.25) is 0 Å². The molecule has 0 unspecified atom stereocenters. The number of rotatable bonds is 5. The summed E-state index contributed by atoms with van der Waals surface area (Å²) in [4.78, 5) is 20.1. The number of hydrogen-bond acceptors (Lipinski definition) is 6. The SMILES string of the molecule is C[C@@]1(c2cc(NC(=O)c3ccc(OCF)cn3)ccc2F)C[C@@H](C(F)(F)F)OC(N)=N1. The number of benzene rings is 1. The Labute approximate surface area is 173 Å². The average Bonchev–Trinajstić information content (AvgIpc) is 2.69. The van der Waals surface area contributed by atoms with Crippen molar-refractivity contribution >= 4 is 17.6 Å². The molecule has 31 heavy (non-hydrogen) atoms. The minimum Gasteiger partial charge on any atom is -0.461 e. The molecule has 12 heteroatoms. The molecular formula is C19H17F5N4O3. The molecule has 2 atom stereocenters. The zero-order chi connectivity index (χ0) is 22.8. The van der Waals surface area contributed by atoms with Gasteiger partial charge in [-0.1, -0.05) is 0 Å². The van der Waals surface area contributed by atoms with Crippen LogP contribution in [0.5, 0.6) is 5.75 Å². The topological polar surface area (TPSA) is 98.8 Å². The lowest BCUT2D eigenvalue weighted by Gasteiger charge is -2.36. The molecule has 166 valence electrons. The quantitative estimate of drug-likeness (QED) is 0.686. The molecule has 0 bridgehead atoms. The van der Waals surface area contributed by atoms with E-state index in [4.69, 9.17) is 5.73 Å². The maximum atomic E-state index is 14.5. The minimum absolute atomic E-state index is 0.0474. The summed E-state index contributed by atoms with van der Waals surface area (Å²) in [5, 5.41) is 2.47. The smallest absolute Gasteiger partial charge is 0.425 e. The fourth-order valence-corrected chi connectivity index (χ4v) is 3.09. The van der Waals surface area contributed by atoms with Gasteiger partial charge in [-0.05, 0) is 37.3 Å². The third-order valence-electron chi connectivity index (χ3n) is 4.56. The second-order valence-electron chi connectivity index (χ2n) is 6.86. The predicted octanol–water partition coefficient (Wildman–Crippen LogP) is 3.66. The standard InChI is InChI=1S/C19H17F5N4O3/c1-18(7-15(19(22,23)24)31-17(25)28-18)12-6-10(2-4-13(12)21)27-16(29)14-5-3-11(8-26-14)30-9-20/h2-6,8,15H,7,9H2,1H3,(H2,25,28)(H,27,29)/t15-,18-/m0/s1. The van der Waals surface area contributed by atoms with E-state index in [1.807, 2.05) is 0 Å². The van der Waals surface area contributed by atoms with Crippen molar-refractivity contribution in [3.8, 4) is 5.75 Å². The number of hydrogen-bond donors (Lipinski definition) is 2. The number of aliphatic imine (C=N–C) groups is 1. The number of carbonyl (C=O) groups is 1. The van der Waals surface area contributed by atoms with Crippen LogP contribution in [0.1, 0.15) is 29.4 Å². The Hall–Kier alpha value is -3.44. The minimum atomic E-state index is -4.73. The number of amides is 1. The van der Waals surface area contributed by atoms with Gasteiger partial charge < -0.3 is 20.5 Å². The molecule has 0 saturated carbocycles. The molecule has 0 radical (unpaired) electrons. The normalized spacial score (nSPS) is 21.1. The van der Waals surface area contributed by atoms with E-state index in [9.17, 15) is 26.7 Å². The molecule has 1 aliphatic rings. The monoisotopic (exact) mass is 444 g/mol. The summed E-state index contributed by atoms with van der Waals surface area (Å²) >= 11 is 0. The molecular weight excluding hydrogens is 427 g/mol. The highest BCUT2D eigenvalue weighted by atomic mass is 19.4. The van der Waals surface area contributed by atoms with Crippen molar-refractivity contribution in [2.24, 2.45) is 10.7 Å². The second kappa shape index (κ2) is 8.36. The van der Waals surface area contributed by atoms with Crippen molar-refractivity contribution in [2.75, 3.05) is 12.2 Å². The molecule has 0 saturated heterocycles. The lowest BCUT2D eigenvalue weighted by molar-refractivity contribution is -0.208. The first-order valence-electron chi connectivity index (χ1n) is 8.87. The van der Waals surface area contributed by atoms with Crippen molar-refractivity contribution in [3.63, 3.8) is 0 Å². The van der Waals surface area contributed by atoms with E-state index in [0.717, 1.165) is 12.3 Å². The number of aromatic nitrogens is 1. The number of nitrogens with two attached hydrogens (primary N) is 1. The average molecular weight is 444 g/mol. The van der Waals surface area contributed by atoms with E-state index in [2.05, 4.69) is 24.8 Å². The summed E-state index contributed by atoms with van der Waals surface area (Å²) in [6.07, 6.45) is -6.55. The Bertz CT molecular complexity index is 997. The van der Waals surface area contributed by atoms with Crippen LogP contribution in [0.4, 0.5) is 27.6 Å². The molecule has 0 fully saturated rings. The first kappa shape index (κ1) is 22.2. The number of ether oxygens (including phenoxy) is 2. The second-order valence-corrected chi connectivity index (χ2v) is 6.86. The van der Waals surface area contributed by atoms with E-state index in [1.165, 1.54) is 31.2 Å². The van der Waals surface area contributed by atoms with Crippen LogP contribution in [0.15, 0.2) is 41.5 Å². The van der Waals surface area contributed by atoms with Gasteiger partial charge >= 0.3 is 6.18 Å². The van der Waals surface area contributed by atoms with Gasteiger partial charge in [0.15, 0.2) is 6.10 Å². The van der Waals surface area contributed by atoms with Crippen LogP contribution in [0, 0.1) is 5.82 Å². The molecule has 7 nitrogen and oxygen atoms in total. The highest BCUT2D eigenvalue weighted by molar-refractivity contribution is 6.02. The largest absolute Gasteiger partial charge is 0.461 e. The summed E-state index contributed by atoms with van der Waals surface area (Å²) in [5.74, 6) is -1.39. The van der Waals surface area contributed by atoms with E-state index >= 15 is 0 Å². The van der Waals surface area contributed by atoms with Crippen molar-refractivity contribution < 1.29 is 36.2 Å². The molecule has 0 aliphatic carbocycles. The zero-order valence-corrected chi connectivity index (χ0v) is 16.0. The lowest BCUT2D eigenvalue weighted by atomic mass is 9.85. The number of anilines is 1. The predicted molar refractivity (Wildman–Crippen MR) is 99.7 cm³/mol. The summed E-state index contributed by atoms with van der Waals surface area (Å²) in [7, 11) is 0. The van der Waals surface area contributed by atoms with Crippen molar-refractivity contribution in [3.05, 3.63) is 53.6 Å².